The summed E-state index contributed by atoms with van der Waals surface area (Å²) >= 11 is 0. The minimum absolute atomic E-state index is 0.446. The molecule has 2 N–H and O–H groups in total. The number of unbranched alkanes of at least 4 members (excludes halogenated alkanes) is 20. The van der Waals surface area contributed by atoms with Gasteiger partial charge in [0.1, 0.15) is 6.16 Å². The highest BCUT2D eigenvalue weighted by Crippen LogP contribution is 2.52. The normalized spacial score (nSPS) is 12.0. The fraction of sp³-hybridized carbons (Fsp3) is 1.00. The van der Waals surface area contributed by atoms with Crippen molar-refractivity contribution in [2.75, 3.05) is 12.8 Å². The molecular formula is C26H56O3P+. The lowest BCUT2D eigenvalue weighted by atomic mass is 10.1. The van der Waals surface area contributed by atoms with Crippen LogP contribution in [0.15, 0.2) is 0 Å². The van der Waals surface area contributed by atoms with E-state index in [0.717, 1.165) is 25.7 Å². The van der Waals surface area contributed by atoms with Gasteiger partial charge >= 0.3 is 7.94 Å². The second kappa shape index (κ2) is 24.0. The molecule has 0 aromatic rings. The molecule has 0 rings (SSSR count). The molecule has 0 bridgehead atoms. The van der Waals surface area contributed by atoms with Crippen LogP contribution in [0.2, 0.25) is 0 Å². The maximum atomic E-state index is 10.1. The van der Waals surface area contributed by atoms with Gasteiger partial charge in [0, 0.05) is 0 Å². The third-order valence-corrected chi connectivity index (χ3v) is 7.59. The molecule has 0 atom stereocenters. The quantitative estimate of drug-likeness (QED) is 0.108. The van der Waals surface area contributed by atoms with Crippen LogP contribution in [0.4, 0.5) is 0 Å². The van der Waals surface area contributed by atoms with Crippen LogP contribution in [0.1, 0.15) is 155 Å². The van der Waals surface area contributed by atoms with E-state index in [0.29, 0.717) is 12.8 Å². The van der Waals surface area contributed by atoms with Gasteiger partial charge in [0.25, 0.3) is 0 Å². The van der Waals surface area contributed by atoms with Crippen molar-refractivity contribution >= 4 is 7.94 Å². The molecule has 0 aromatic carbocycles. The Labute approximate surface area is 190 Å². The summed E-state index contributed by atoms with van der Waals surface area (Å²) in [6, 6.07) is 0. The Bertz CT molecular complexity index is 323. The minimum Gasteiger partial charge on any atom is -0.193 e. The molecule has 0 aliphatic rings. The molecule has 0 heterocycles. The van der Waals surface area contributed by atoms with Crippen molar-refractivity contribution in [1.82, 2.24) is 0 Å². The van der Waals surface area contributed by atoms with Crippen molar-refractivity contribution in [3.8, 4) is 0 Å². The third kappa shape index (κ3) is 24.6. The first-order chi connectivity index (χ1) is 14.6. The average molecular weight is 448 g/mol. The van der Waals surface area contributed by atoms with Gasteiger partial charge in [0.2, 0.25) is 0 Å². The van der Waals surface area contributed by atoms with Crippen molar-refractivity contribution in [2.24, 2.45) is 0 Å². The molecule has 4 heteroatoms. The summed E-state index contributed by atoms with van der Waals surface area (Å²) in [6.07, 6.45) is 28.8. The predicted octanol–water partition coefficient (Wildman–Crippen LogP) is 9.37. The monoisotopic (exact) mass is 447 g/mol. The molecule has 30 heavy (non-hydrogen) atoms. The van der Waals surface area contributed by atoms with Crippen molar-refractivity contribution in [3.05, 3.63) is 0 Å². The lowest BCUT2D eigenvalue weighted by Gasteiger charge is -2.11. The van der Waals surface area contributed by atoms with Gasteiger partial charge in [-0.3, -0.25) is 0 Å². The molecule has 0 spiro atoms. The van der Waals surface area contributed by atoms with Crippen LogP contribution in [-0.2, 0) is 4.52 Å². The summed E-state index contributed by atoms with van der Waals surface area (Å²) in [5.41, 5.74) is 0. The molecular weight excluding hydrogens is 391 g/mol. The van der Waals surface area contributed by atoms with E-state index >= 15 is 0 Å². The number of rotatable bonds is 25. The Morgan fingerprint density at radius 3 is 1.10 bits per heavy atom. The Morgan fingerprint density at radius 1 is 0.433 bits per heavy atom. The zero-order chi connectivity index (χ0) is 22.2. The maximum absolute atomic E-state index is 10.1. The van der Waals surface area contributed by atoms with Crippen LogP contribution >= 0.6 is 7.94 Å². The van der Waals surface area contributed by atoms with E-state index in [1.54, 1.807) is 0 Å². The molecule has 0 saturated heterocycles. The number of hydrogen-bond acceptors (Lipinski definition) is 3. The molecule has 0 radical (unpaired) electrons. The average Bonchev–Trinajstić information content (AvgIpc) is 2.72. The van der Waals surface area contributed by atoms with Gasteiger partial charge in [-0.2, -0.15) is 14.3 Å². The second-order valence-electron chi connectivity index (χ2n) is 9.29. The highest BCUT2D eigenvalue weighted by atomic mass is 31.2. The van der Waals surface area contributed by atoms with Crippen molar-refractivity contribution in [2.45, 2.75) is 155 Å². The third-order valence-electron chi connectivity index (χ3n) is 6.10. The van der Waals surface area contributed by atoms with E-state index in [4.69, 9.17) is 4.52 Å². The first kappa shape index (κ1) is 30.3. The summed E-state index contributed by atoms with van der Waals surface area (Å²) in [7, 11) is -3.10. The summed E-state index contributed by atoms with van der Waals surface area (Å²) in [5, 5.41) is 0. The standard InChI is InChI=1S/C26H56O3P/c1-3-5-7-9-11-13-15-17-19-21-23-25-29-30(27,28)26-24-22-20-18-16-14-12-10-8-6-4-2/h27-28H,3-26H2,1-2H3/q+1. The highest BCUT2D eigenvalue weighted by molar-refractivity contribution is 7.59. The van der Waals surface area contributed by atoms with Crippen molar-refractivity contribution in [3.63, 3.8) is 0 Å². The van der Waals surface area contributed by atoms with Crippen LogP contribution < -0.4 is 0 Å². The Kier molecular flexibility index (Phi) is 24.2. The molecule has 0 aliphatic heterocycles. The molecule has 0 amide bonds. The van der Waals surface area contributed by atoms with E-state index in [9.17, 15) is 9.79 Å². The van der Waals surface area contributed by atoms with E-state index in [-0.39, 0.29) is 0 Å². The van der Waals surface area contributed by atoms with Crippen LogP contribution in [0.5, 0.6) is 0 Å². The second-order valence-corrected chi connectivity index (χ2v) is 11.3. The minimum atomic E-state index is -3.10. The molecule has 0 aromatic heterocycles. The van der Waals surface area contributed by atoms with Crippen LogP contribution in [0.25, 0.3) is 0 Å². The number of hydrogen-bond donors (Lipinski definition) is 2. The molecule has 0 unspecified atom stereocenters. The Balaban J connectivity index is 3.29. The molecule has 0 aliphatic carbocycles. The fourth-order valence-electron chi connectivity index (χ4n) is 4.02. The van der Waals surface area contributed by atoms with Gasteiger partial charge in [-0.1, -0.05) is 136 Å². The maximum Gasteiger partial charge on any atom is 0.406 e. The summed E-state index contributed by atoms with van der Waals surface area (Å²) < 4.78 is 5.43. The smallest absolute Gasteiger partial charge is 0.193 e. The van der Waals surface area contributed by atoms with E-state index in [1.807, 2.05) is 0 Å². The highest BCUT2D eigenvalue weighted by Gasteiger charge is 2.34. The van der Waals surface area contributed by atoms with Gasteiger partial charge < -0.3 is 0 Å². The lowest BCUT2D eigenvalue weighted by molar-refractivity contribution is 0.222. The SMILES string of the molecule is CCCCCCCCCCCCCO[P+](O)(O)CCCCCCCCCCCCC. The van der Waals surface area contributed by atoms with Crippen molar-refractivity contribution in [1.29, 1.82) is 0 Å². The first-order valence-electron chi connectivity index (χ1n) is 13.6. The summed E-state index contributed by atoms with van der Waals surface area (Å²) in [5.74, 6) is 0. The van der Waals surface area contributed by atoms with Crippen LogP contribution in [0, 0.1) is 0 Å². The van der Waals surface area contributed by atoms with E-state index < -0.39 is 7.94 Å². The predicted molar refractivity (Wildman–Crippen MR) is 135 cm³/mol. The lowest BCUT2D eigenvalue weighted by Crippen LogP contribution is -2.03. The molecule has 0 saturated carbocycles. The summed E-state index contributed by atoms with van der Waals surface area (Å²) in [6.45, 7) is 5.04. The largest absolute Gasteiger partial charge is 0.406 e. The molecule has 182 valence electrons. The van der Waals surface area contributed by atoms with Gasteiger partial charge in [-0.25, -0.2) is 0 Å². The van der Waals surface area contributed by atoms with E-state index in [1.165, 1.54) is 116 Å². The van der Waals surface area contributed by atoms with Gasteiger partial charge in [-0.15, -0.1) is 0 Å². The first-order valence-corrected chi connectivity index (χ1v) is 15.4. The van der Waals surface area contributed by atoms with Crippen molar-refractivity contribution < 1.29 is 14.3 Å². The zero-order valence-corrected chi connectivity index (χ0v) is 21.6. The Hall–Kier alpha value is 0.310. The van der Waals surface area contributed by atoms with Gasteiger partial charge in [0.15, 0.2) is 0 Å². The molecule has 0 fully saturated rings. The zero-order valence-electron chi connectivity index (χ0n) is 20.7. The molecule has 3 nitrogen and oxygen atoms in total. The van der Waals surface area contributed by atoms with Gasteiger partial charge in [-0.05, 0) is 19.3 Å². The topological polar surface area (TPSA) is 49.7 Å². The Morgan fingerprint density at radius 2 is 0.733 bits per heavy atom. The fourth-order valence-corrected chi connectivity index (χ4v) is 5.21. The van der Waals surface area contributed by atoms with Crippen LogP contribution in [0.3, 0.4) is 0 Å². The van der Waals surface area contributed by atoms with E-state index in [2.05, 4.69) is 13.8 Å². The van der Waals surface area contributed by atoms with Gasteiger partial charge in [0.05, 0.1) is 6.61 Å². The summed E-state index contributed by atoms with van der Waals surface area (Å²) in [4.78, 5) is 20.1. The van der Waals surface area contributed by atoms with Crippen LogP contribution in [-0.4, -0.2) is 22.6 Å².